The van der Waals surface area contributed by atoms with Gasteiger partial charge in [0.1, 0.15) is 10.7 Å². The van der Waals surface area contributed by atoms with Crippen molar-refractivity contribution in [3.63, 3.8) is 0 Å². The molecule has 5 nitrogen and oxygen atoms in total. The third-order valence-corrected chi connectivity index (χ3v) is 5.03. The lowest BCUT2D eigenvalue weighted by Crippen LogP contribution is -2.26. The van der Waals surface area contributed by atoms with E-state index in [1.165, 1.54) is 11.3 Å². The van der Waals surface area contributed by atoms with Crippen molar-refractivity contribution < 1.29 is 4.79 Å². The van der Waals surface area contributed by atoms with Crippen molar-refractivity contribution in [2.75, 3.05) is 0 Å². The van der Waals surface area contributed by atoms with Gasteiger partial charge in [-0.15, -0.1) is 11.3 Å². The molecule has 0 fully saturated rings. The Balaban J connectivity index is 1.92. The number of hydrogen-bond acceptors (Lipinski definition) is 5. The van der Waals surface area contributed by atoms with Crippen LogP contribution in [0, 0.1) is 20.8 Å². The predicted molar refractivity (Wildman–Crippen MR) is 91.7 cm³/mol. The molecule has 0 aliphatic heterocycles. The van der Waals surface area contributed by atoms with Crippen molar-refractivity contribution in [2.24, 2.45) is 0 Å². The Morgan fingerprint density at radius 2 is 1.87 bits per heavy atom. The molecule has 0 aliphatic rings. The Morgan fingerprint density at radius 3 is 2.57 bits per heavy atom. The molecule has 0 bridgehead atoms. The molecule has 0 radical (unpaired) electrons. The summed E-state index contributed by atoms with van der Waals surface area (Å²) in [5.74, 6) is 0.653. The molecule has 0 aromatic carbocycles. The number of nitrogens with zero attached hydrogens (tertiary/aromatic N) is 3. The lowest BCUT2D eigenvalue weighted by Gasteiger charge is -2.13. The number of rotatable bonds is 3. The highest BCUT2D eigenvalue weighted by Crippen LogP contribution is 2.31. The molecule has 0 aliphatic carbocycles. The van der Waals surface area contributed by atoms with Crippen LogP contribution in [0.15, 0.2) is 24.5 Å². The van der Waals surface area contributed by atoms with E-state index in [4.69, 9.17) is 0 Å². The first-order chi connectivity index (χ1) is 11.0. The van der Waals surface area contributed by atoms with Gasteiger partial charge in [-0.1, -0.05) is 0 Å². The van der Waals surface area contributed by atoms with Crippen LogP contribution in [0.2, 0.25) is 0 Å². The van der Waals surface area contributed by atoms with Gasteiger partial charge in [-0.3, -0.25) is 9.78 Å². The molecule has 118 valence electrons. The molecule has 3 heterocycles. The number of nitrogens with one attached hydrogen (secondary N) is 1. The van der Waals surface area contributed by atoms with Gasteiger partial charge in [-0.05, 0) is 51.0 Å². The number of thiophene rings is 1. The third-order valence-electron chi connectivity index (χ3n) is 3.84. The van der Waals surface area contributed by atoms with Crippen LogP contribution in [0.1, 0.15) is 45.3 Å². The number of aromatic nitrogens is 3. The highest BCUT2D eigenvalue weighted by molar-refractivity contribution is 7.20. The summed E-state index contributed by atoms with van der Waals surface area (Å²) in [4.78, 5) is 27.1. The van der Waals surface area contributed by atoms with E-state index < -0.39 is 0 Å². The monoisotopic (exact) mass is 326 g/mol. The van der Waals surface area contributed by atoms with E-state index >= 15 is 0 Å². The van der Waals surface area contributed by atoms with Gasteiger partial charge in [0.2, 0.25) is 0 Å². The van der Waals surface area contributed by atoms with Gasteiger partial charge < -0.3 is 5.32 Å². The highest BCUT2D eigenvalue weighted by atomic mass is 32.1. The van der Waals surface area contributed by atoms with E-state index in [1.54, 1.807) is 12.4 Å². The minimum absolute atomic E-state index is 0.0770. The first-order valence-corrected chi connectivity index (χ1v) is 8.24. The van der Waals surface area contributed by atoms with E-state index in [2.05, 4.69) is 20.3 Å². The minimum Gasteiger partial charge on any atom is -0.345 e. The molecule has 3 rings (SSSR count). The summed E-state index contributed by atoms with van der Waals surface area (Å²) in [5, 5.41) is 4.03. The zero-order valence-electron chi connectivity index (χ0n) is 13.5. The summed E-state index contributed by atoms with van der Waals surface area (Å²) in [7, 11) is 0. The Bertz CT molecular complexity index is 873. The lowest BCUT2D eigenvalue weighted by molar-refractivity contribution is 0.0943. The standard InChI is InChI=1S/C17H18N4OS/c1-9-14-11(3)19-12(4)21-17(14)23-15(9)16(22)20-10(2)13-5-7-18-8-6-13/h5-8,10H,1-4H3,(H,20,22). The van der Waals surface area contributed by atoms with Gasteiger partial charge in [-0.2, -0.15) is 0 Å². The van der Waals surface area contributed by atoms with Crippen LogP contribution in [0.3, 0.4) is 0 Å². The van der Waals surface area contributed by atoms with Gasteiger partial charge in [0.25, 0.3) is 5.91 Å². The van der Waals surface area contributed by atoms with Crippen LogP contribution >= 0.6 is 11.3 Å². The largest absolute Gasteiger partial charge is 0.345 e. The van der Waals surface area contributed by atoms with Gasteiger partial charge >= 0.3 is 0 Å². The van der Waals surface area contributed by atoms with Crippen molar-refractivity contribution in [3.05, 3.63) is 52.0 Å². The maximum Gasteiger partial charge on any atom is 0.262 e. The van der Waals surface area contributed by atoms with Crippen LogP contribution in [0.4, 0.5) is 0 Å². The fourth-order valence-electron chi connectivity index (χ4n) is 2.69. The first-order valence-electron chi connectivity index (χ1n) is 7.42. The average Bonchev–Trinajstić information content (AvgIpc) is 2.85. The van der Waals surface area contributed by atoms with Crippen LogP contribution < -0.4 is 5.32 Å². The number of fused-ring (bicyclic) bond motifs is 1. The maximum absolute atomic E-state index is 12.7. The van der Waals surface area contributed by atoms with Crippen molar-refractivity contribution in [1.29, 1.82) is 0 Å². The van der Waals surface area contributed by atoms with Gasteiger partial charge in [0.05, 0.1) is 10.9 Å². The molecule has 0 spiro atoms. The van der Waals surface area contributed by atoms with Gasteiger partial charge in [-0.25, -0.2) is 9.97 Å². The molecule has 3 aromatic heterocycles. The molecule has 0 saturated heterocycles. The second kappa shape index (κ2) is 6.04. The van der Waals surface area contributed by atoms with E-state index in [0.717, 1.165) is 32.9 Å². The summed E-state index contributed by atoms with van der Waals surface area (Å²) < 4.78 is 0. The summed E-state index contributed by atoms with van der Waals surface area (Å²) in [6.45, 7) is 7.74. The van der Waals surface area contributed by atoms with Crippen molar-refractivity contribution >= 4 is 27.5 Å². The number of aryl methyl sites for hydroxylation is 3. The quantitative estimate of drug-likeness (QED) is 0.800. The fraction of sp³-hybridized carbons (Fsp3) is 0.294. The van der Waals surface area contributed by atoms with E-state index in [0.29, 0.717) is 4.88 Å². The SMILES string of the molecule is Cc1nc(C)c2c(C)c(C(=O)NC(C)c3ccncc3)sc2n1. The average molecular weight is 326 g/mol. The molecule has 1 atom stereocenters. The maximum atomic E-state index is 12.7. The predicted octanol–water partition coefficient (Wildman–Crippen LogP) is 3.50. The molecule has 1 amide bonds. The summed E-state index contributed by atoms with van der Waals surface area (Å²) in [6, 6.07) is 3.73. The fourth-order valence-corrected chi connectivity index (χ4v) is 3.87. The smallest absolute Gasteiger partial charge is 0.262 e. The van der Waals surface area contributed by atoms with Crippen molar-refractivity contribution in [3.8, 4) is 0 Å². The van der Waals surface area contributed by atoms with Crippen molar-refractivity contribution in [1.82, 2.24) is 20.3 Å². The topological polar surface area (TPSA) is 67.8 Å². The molecule has 1 N–H and O–H groups in total. The third kappa shape index (κ3) is 2.94. The summed E-state index contributed by atoms with van der Waals surface area (Å²) in [5.41, 5.74) is 2.89. The van der Waals surface area contributed by atoms with Gasteiger partial charge in [0.15, 0.2) is 0 Å². The van der Waals surface area contributed by atoms with Crippen LogP contribution in [0.5, 0.6) is 0 Å². The highest BCUT2D eigenvalue weighted by Gasteiger charge is 2.20. The zero-order chi connectivity index (χ0) is 16.6. The number of carbonyl (C=O) groups is 1. The second-order valence-corrected chi connectivity index (χ2v) is 6.57. The molecular weight excluding hydrogens is 308 g/mol. The van der Waals surface area contributed by atoms with E-state index in [1.807, 2.05) is 39.8 Å². The van der Waals surface area contributed by atoms with Crippen LogP contribution in [-0.4, -0.2) is 20.9 Å². The van der Waals surface area contributed by atoms with E-state index in [9.17, 15) is 4.79 Å². The molecule has 3 aromatic rings. The van der Waals surface area contributed by atoms with Crippen molar-refractivity contribution in [2.45, 2.75) is 33.7 Å². The molecule has 6 heteroatoms. The normalized spacial score (nSPS) is 12.3. The van der Waals surface area contributed by atoms with Crippen LogP contribution in [-0.2, 0) is 0 Å². The number of amides is 1. The molecular formula is C17H18N4OS. The first kappa shape index (κ1) is 15.6. The second-order valence-electron chi connectivity index (χ2n) is 5.57. The number of hydrogen-bond donors (Lipinski definition) is 1. The minimum atomic E-state index is -0.0796. The molecule has 23 heavy (non-hydrogen) atoms. The number of pyridine rings is 1. The lowest BCUT2D eigenvalue weighted by atomic mass is 10.1. The zero-order valence-corrected chi connectivity index (χ0v) is 14.4. The summed E-state index contributed by atoms with van der Waals surface area (Å²) >= 11 is 1.42. The Labute approximate surface area is 138 Å². The number of carbonyl (C=O) groups excluding carboxylic acids is 1. The Morgan fingerprint density at radius 1 is 1.17 bits per heavy atom. The summed E-state index contributed by atoms with van der Waals surface area (Å²) in [6.07, 6.45) is 3.45. The Kier molecular flexibility index (Phi) is 4.09. The Hall–Kier alpha value is -2.34. The van der Waals surface area contributed by atoms with Crippen LogP contribution in [0.25, 0.3) is 10.2 Å². The van der Waals surface area contributed by atoms with Gasteiger partial charge in [0, 0.05) is 23.5 Å². The van der Waals surface area contributed by atoms with E-state index in [-0.39, 0.29) is 11.9 Å². The molecule has 0 saturated carbocycles. The molecule has 1 unspecified atom stereocenters.